The van der Waals surface area contributed by atoms with Crippen LogP contribution in [0.1, 0.15) is 12.8 Å². The van der Waals surface area contributed by atoms with Gasteiger partial charge in [-0.1, -0.05) is 0 Å². The van der Waals surface area contributed by atoms with Crippen LogP contribution >= 0.6 is 11.6 Å². The molecule has 0 amide bonds. The van der Waals surface area contributed by atoms with Crippen molar-refractivity contribution in [1.29, 1.82) is 0 Å². The highest BCUT2D eigenvalue weighted by Gasteiger charge is 2.22. The Labute approximate surface area is 69.4 Å². The normalized spacial score (nSPS) is 15.9. The topological polar surface area (TPSA) is 77.8 Å². The number of aliphatic hydroxyl groups excluding tert-OH is 2. The van der Waals surface area contributed by atoms with Gasteiger partial charge in [-0.25, -0.2) is 4.79 Å². The molecule has 0 aromatic carbocycles. The number of hydrogen-bond acceptors (Lipinski definition) is 3. The zero-order valence-corrected chi connectivity index (χ0v) is 6.66. The van der Waals surface area contributed by atoms with Crippen LogP contribution in [0.4, 0.5) is 0 Å². The second kappa shape index (κ2) is 5.35. The second-order valence-electron chi connectivity index (χ2n) is 2.18. The molecule has 11 heavy (non-hydrogen) atoms. The number of hydrogen-bond donors (Lipinski definition) is 3. The molecular weight excluding hydrogens is 172 g/mol. The fourth-order valence-corrected chi connectivity index (χ4v) is 0.763. The summed E-state index contributed by atoms with van der Waals surface area (Å²) in [7, 11) is 0. The fraction of sp³-hybridized carbons (Fsp3) is 0.833. The molecule has 4 nitrogen and oxygen atoms in total. The maximum absolute atomic E-state index is 10.1. The molecule has 0 aromatic heterocycles. The van der Waals surface area contributed by atoms with Crippen molar-refractivity contribution < 1.29 is 20.1 Å². The SMILES string of the molecule is O=C(O)C(O)C(O)CCCCl. The lowest BCUT2D eigenvalue weighted by molar-refractivity contribution is -0.152. The van der Waals surface area contributed by atoms with E-state index in [0.29, 0.717) is 12.3 Å². The molecule has 0 bridgehead atoms. The van der Waals surface area contributed by atoms with Crippen molar-refractivity contribution >= 4 is 17.6 Å². The van der Waals surface area contributed by atoms with Crippen LogP contribution in [0.3, 0.4) is 0 Å². The maximum Gasteiger partial charge on any atom is 0.335 e. The van der Waals surface area contributed by atoms with Crippen LogP contribution < -0.4 is 0 Å². The minimum atomic E-state index is -1.70. The van der Waals surface area contributed by atoms with Crippen LogP contribution in [-0.2, 0) is 4.79 Å². The third-order valence-corrected chi connectivity index (χ3v) is 1.52. The molecule has 0 saturated heterocycles. The number of carboxylic acids is 1. The van der Waals surface area contributed by atoms with Gasteiger partial charge in [0.05, 0.1) is 6.10 Å². The number of aliphatic hydroxyl groups is 2. The van der Waals surface area contributed by atoms with E-state index in [0.717, 1.165) is 0 Å². The fourth-order valence-electron chi connectivity index (χ4n) is 0.609. The Morgan fingerprint density at radius 1 is 1.45 bits per heavy atom. The lowest BCUT2D eigenvalue weighted by Crippen LogP contribution is -2.33. The first-order chi connectivity index (χ1) is 5.09. The third-order valence-electron chi connectivity index (χ3n) is 1.25. The first-order valence-electron chi connectivity index (χ1n) is 3.24. The van der Waals surface area contributed by atoms with E-state index in [-0.39, 0.29) is 6.42 Å². The quantitative estimate of drug-likeness (QED) is 0.515. The summed E-state index contributed by atoms with van der Waals surface area (Å²) in [4.78, 5) is 10.1. The predicted octanol–water partition coefficient (Wildman–Crippen LogP) is -0.188. The Morgan fingerprint density at radius 3 is 2.36 bits per heavy atom. The van der Waals surface area contributed by atoms with Crippen LogP contribution in [0.25, 0.3) is 0 Å². The van der Waals surface area contributed by atoms with E-state index in [1.165, 1.54) is 0 Å². The van der Waals surface area contributed by atoms with Gasteiger partial charge in [0.25, 0.3) is 0 Å². The molecule has 0 saturated carbocycles. The molecule has 0 rings (SSSR count). The van der Waals surface area contributed by atoms with Gasteiger partial charge in [-0.3, -0.25) is 0 Å². The average Bonchev–Trinajstić information content (AvgIpc) is 1.98. The highest BCUT2D eigenvalue weighted by atomic mass is 35.5. The molecule has 0 aliphatic carbocycles. The molecule has 3 N–H and O–H groups in total. The van der Waals surface area contributed by atoms with Crippen molar-refractivity contribution in [3.8, 4) is 0 Å². The molecule has 0 aromatic rings. The van der Waals surface area contributed by atoms with E-state index in [9.17, 15) is 4.79 Å². The molecule has 0 aliphatic heterocycles. The first-order valence-corrected chi connectivity index (χ1v) is 3.78. The monoisotopic (exact) mass is 182 g/mol. The van der Waals surface area contributed by atoms with Crippen LogP contribution in [0.5, 0.6) is 0 Å². The maximum atomic E-state index is 10.1. The highest BCUT2D eigenvalue weighted by Crippen LogP contribution is 2.03. The smallest absolute Gasteiger partial charge is 0.335 e. The van der Waals surface area contributed by atoms with E-state index in [2.05, 4.69) is 0 Å². The van der Waals surface area contributed by atoms with Crippen LogP contribution in [0.15, 0.2) is 0 Å². The Hall–Kier alpha value is -0.320. The Bertz CT molecular complexity index is 128. The van der Waals surface area contributed by atoms with E-state index < -0.39 is 18.2 Å². The van der Waals surface area contributed by atoms with Gasteiger partial charge < -0.3 is 15.3 Å². The highest BCUT2D eigenvalue weighted by molar-refractivity contribution is 6.17. The summed E-state index contributed by atoms with van der Waals surface area (Å²) in [6, 6.07) is 0. The molecule has 2 unspecified atom stereocenters. The molecule has 0 spiro atoms. The number of carboxylic acid groups (broad SMARTS) is 1. The number of halogens is 1. The Kier molecular flexibility index (Phi) is 5.19. The van der Waals surface area contributed by atoms with Crippen molar-refractivity contribution in [3.63, 3.8) is 0 Å². The zero-order chi connectivity index (χ0) is 8.85. The van der Waals surface area contributed by atoms with Crippen molar-refractivity contribution in [1.82, 2.24) is 0 Å². The van der Waals surface area contributed by atoms with E-state index in [1.807, 2.05) is 0 Å². The first kappa shape index (κ1) is 10.7. The molecule has 0 aliphatic rings. The summed E-state index contributed by atoms with van der Waals surface area (Å²) in [6.45, 7) is 0. The summed E-state index contributed by atoms with van der Waals surface area (Å²) in [5.41, 5.74) is 0. The van der Waals surface area contributed by atoms with Crippen LogP contribution in [0, 0.1) is 0 Å². The van der Waals surface area contributed by atoms with Crippen molar-refractivity contribution in [2.75, 3.05) is 5.88 Å². The molecule has 0 radical (unpaired) electrons. The van der Waals surface area contributed by atoms with Crippen molar-refractivity contribution in [2.24, 2.45) is 0 Å². The third kappa shape index (κ3) is 4.19. The van der Waals surface area contributed by atoms with Gasteiger partial charge in [-0.15, -0.1) is 11.6 Å². The van der Waals surface area contributed by atoms with Crippen LogP contribution in [0.2, 0.25) is 0 Å². The second-order valence-corrected chi connectivity index (χ2v) is 2.56. The van der Waals surface area contributed by atoms with Gasteiger partial charge in [0.2, 0.25) is 0 Å². The van der Waals surface area contributed by atoms with Gasteiger partial charge in [0.15, 0.2) is 6.10 Å². The van der Waals surface area contributed by atoms with Gasteiger partial charge in [-0.2, -0.15) is 0 Å². The summed E-state index contributed by atoms with van der Waals surface area (Å²) in [6.07, 6.45) is -2.21. The number of rotatable bonds is 5. The number of aliphatic carboxylic acids is 1. The standard InChI is InChI=1S/C6H11ClO4/c7-3-1-2-4(8)5(9)6(10)11/h4-5,8-9H,1-3H2,(H,10,11). The number of alkyl halides is 1. The minimum Gasteiger partial charge on any atom is -0.479 e. The molecule has 5 heteroatoms. The van der Waals surface area contributed by atoms with Crippen molar-refractivity contribution in [2.45, 2.75) is 25.0 Å². The minimum absolute atomic E-state index is 0.205. The zero-order valence-electron chi connectivity index (χ0n) is 5.90. The van der Waals surface area contributed by atoms with Crippen LogP contribution in [-0.4, -0.2) is 39.4 Å². The van der Waals surface area contributed by atoms with E-state index in [1.54, 1.807) is 0 Å². The van der Waals surface area contributed by atoms with Gasteiger partial charge in [0, 0.05) is 5.88 Å². The lowest BCUT2D eigenvalue weighted by Gasteiger charge is -2.12. The average molecular weight is 183 g/mol. The number of carbonyl (C=O) groups is 1. The Balaban J connectivity index is 3.63. The summed E-state index contributed by atoms with van der Waals surface area (Å²) in [5, 5.41) is 25.9. The molecular formula is C6H11ClO4. The predicted molar refractivity (Wildman–Crippen MR) is 39.6 cm³/mol. The van der Waals surface area contributed by atoms with E-state index >= 15 is 0 Å². The summed E-state index contributed by atoms with van der Waals surface area (Å²) in [5.74, 6) is -1.06. The lowest BCUT2D eigenvalue weighted by atomic mass is 10.1. The van der Waals surface area contributed by atoms with Gasteiger partial charge >= 0.3 is 5.97 Å². The summed E-state index contributed by atoms with van der Waals surface area (Å²) < 4.78 is 0. The van der Waals surface area contributed by atoms with Gasteiger partial charge in [-0.05, 0) is 12.8 Å². The van der Waals surface area contributed by atoms with Crippen molar-refractivity contribution in [3.05, 3.63) is 0 Å². The Morgan fingerprint density at radius 2 is 2.00 bits per heavy atom. The largest absolute Gasteiger partial charge is 0.479 e. The molecule has 66 valence electrons. The molecule has 0 heterocycles. The summed E-state index contributed by atoms with van der Waals surface area (Å²) >= 11 is 5.29. The van der Waals surface area contributed by atoms with Gasteiger partial charge in [0.1, 0.15) is 0 Å². The molecule has 0 fully saturated rings. The van der Waals surface area contributed by atoms with E-state index in [4.69, 9.17) is 26.9 Å². The molecule has 2 atom stereocenters.